The number of carbonyl (C=O) groups is 1. The zero-order valence-electron chi connectivity index (χ0n) is 10.0. The van der Waals surface area contributed by atoms with Gasteiger partial charge in [-0.2, -0.15) is 18.3 Å². The molecule has 2 rings (SSSR count). The Labute approximate surface area is 119 Å². The van der Waals surface area contributed by atoms with E-state index in [9.17, 15) is 22.4 Å². The number of hydrogen-bond donors (Lipinski definition) is 0. The number of nitrogens with zero attached hydrogens (tertiary/aromatic N) is 2. The molecule has 3 nitrogen and oxygen atoms in total. The number of ketones is 1. The first-order chi connectivity index (χ1) is 9.21. The van der Waals surface area contributed by atoms with Gasteiger partial charge in [0.05, 0.1) is 17.4 Å². The van der Waals surface area contributed by atoms with E-state index < -0.39 is 29.0 Å². The van der Waals surface area contributed by atoms with Crippen LogP contribution in [-0.2, 0) is 6.18 Å². The fourth-order valence-electron chi connectivity index (χ4n) is 1.71. The molecule has 1 aromatic heterocycles. The molecule has 0 aliphatic carbocycles. The Morgan fingerprint density at radius 1 is 1.35 bits per heavy atom. The minimum absolute atomic E-state index is 0.00812. The maximum atomic E-state index is 13.1. The van der Waals surface area contributed by atoms with Crippen molar-refractivity contribution in [2.75, 3.05) is 0 Å². The van der Waals surface area contributed by atoms with Crippen molar-refractivity contribution in [3.8, 4) is 5.69 Å². The fraction of sp³-hybridized carbons (Fsp3) is 0.167. The Morgan fingerprint density at radius 3 is 2.50 bits per heavy atom. The average molecular weight is 351 g/mol. The van der Waals surface area contributed by atoms with Crippen molar-refractivity contribution >= 4 is 21.7 Å². The highest BCUT2D eigenvalue weighted by atomic mass is 79.9. The van der Waals surface area contributed by atoms with Crippen LogP contribution in [0.3, 0.4) is 0 Å². The van der Waals surface area contributed by atoms with Crippen LogP contribution in [0.5, 0.6) is 0 Å². The predicted molar refractivity (Wildman–Crippen MR) is 66.2 cm³/mol. The summed E-state index contributed by atoms with van der Waals surface area (Å²) in [6, 6.07) is 3.17. The zero-order valence-corrected chi connectivity index (χ0v) is 11.6. The molecule has 0 atom stereocenters. The zero-order chi connectivity index (χ0) is 15.1. The molecule has 0 aliphatic rings. The highest BCUT2D eigenvalue weighted by Gasteiger charge is 2.40. The monoisotopic (exact) mass is 350 g/mol. The number of carbonyl (C=O) groups excluding carboxylic acids is 1. The van der Waals surface area contributed by atoms with Crippen molar-refractivity contribution in [1.29, 1.82) is 0 Å². The summed E-state index contributed by atoms with van der Waals surface area (Å²) < 4.78 is 53.0. The van der Waals surface area contributed by atoms with Crippen molar-refractivity contribution in [3.05, 3.63) is 45.9 Å². The van der Waals surface area contributed by atoms with Crippen molar-refractivity contribution < 1.29 is 22.4 Å². The van der Waals surface area contributed by atoms with Gasteiger partial charge in [0.15, 0.2) is 11.5 Å². The highest BCUT2D eigenvalue weighted by molar-refractivity contribution is 9.10. The Kier molecular flexibility index (Phi) is 3.68. The Hall–Kier alpha value is -1.70. The third-order valence-corrected chi connectivity index (χ3v) is 3.19. The van der Waals surface area contributed by atoms with Gasteiger partial charge in [-0.1, -0.05) is 0 Å². The second kappa shape index (κ2) is 5.01. The Morgan fingerprint density at radius 2 is 2.00 bits per heavy atom. The van der Waals surface area contributed by atoms with Gasteiger partial charge in [-0.15, -0.1) is 0 Å². The van der Waals surface area contributed by atoms with E-state index in [1.165, 1.54) is 0 Å². The lowest BCUT2D eigenvalue weighted by molar-refractivity contribution is -0.143. The lowest BCUT2D eigenvalue weighted by atomic mass is 10.1. The lowest BCUT2D eigenvalue weighted by Crippen LogP contribution is -2.17. The molecule has 0 N–H and O–H groups in total. The van der Waals surface area contributed by atoms with E-state index in [0.717, 1.165) is 31.3 Å². The van der Waals surface area contributed by atoms with Crippen molar-refractivity contribution in [3.63, 3.8) is 0 Å². The molecule has 0 amide bonds. The van der Waals surface area contributed by atoms with E-state index in [1.807, 2.05) is 0 Å². The third kappa shape index (κ3) is 2.60. The quantitative estimate of drug-likeness (QED) is 0.606. The minimum Gasteiger partial charge on any atom is -0.294 e. The number of aromatic nitrogens is 2. The number of benzene rings is 1. The first kappa shape index (κ1) is 14.7. The van der Waals surface area contributed by atoms with E-state index in [1.54, 1.807) is 0 Å². The predicted octanol–water partition coefficient (Wildman–Crippen LogP) is 4.00. The Bertz CT molecular complexity index is 679. The van der Waals surface area contributed by atoms with E-state index in [4.69, 9.17) is 0 Å². The molecule has 0 spiro atoms. The van der Waals surface area contributed by atoms with E-state index in [-0.39, 0.29) is 10.2 Å². The highest BCUT2D eigenvalue weighted by Crippen LogP contribution is 2.35. The van der Waals surface area contributed by atoms with E-state index >= 15 is 0 Å². The molecule has 8 heteroatoms. The molecule has 2 aromatic rings. The first-order valence-corrected chi connectivity index (χ1v) is 6.12. The van der Waals surface area contributed by atoms with Crippen LogP contribution >= 0.6 is 15.9 Å². The minimum atomic E-state index is -4.76. The molecule has 0 aliphatic heterocycles. The molecule has 1 aromatic carbocycles. The topological polar surface area (TPSA) is 34.9 Å². The maximum absolute atomic E-state index is 13.1. The summed E-state index contributed by atoms with van der Waals surface area (Å²) in [6.45, 7) is 1.02. The number of halogens is 5. The molecule has 0 fully saturated rings. The number of alkyl halides is 3. The van der Waals surface area contributed by atoms with Gasteiger partial charge in [-0.3, -0.25) is 4.79 Å². The van der Waals surface area contributed by atoms with E-state index in [2.05, 4.69) is 21.0 Å². The van der Waals surface area contributed by atoms with Crippen LogP contribution in [0.1, 0.15) is 23.0 Å². The standard InChI is InChI=1S/C12H7BrF4N2O/c1-6(20)8-5-18-19(11(8)12(15,16)17)10-3-2-7(14)4-9(10)13/h2-5H,1H3. The van der Waals surface area contributed by atoms with Gasteiger partial charge >= 0.3 is 6.18 Å². The summed E-state index contributed by atoms with van der Waals surface area (Å²) in [4.78, 5) is 11.3. The molecule has 0 saturated heterocycles. The van der Waals surface area contributed by atoms with Gasteiger partial charge in [0.25, 0.3) is 0 Å². The fourth-order valence-corrected chi connectivity index (χ4v) is 2.23. The van der Waals surface area contributed by atoms with Crippen molar-refractivity contribution in [2.24, 2.45) is 0 Å². The molecule has 1 heterocycles. The Balaban J connectivity index is 2.72. The number of hydrogen-bond acceptors (Lipinski definition) is 2. The molecular weight excluding hydrogens is 344 g/mol. The van der Waals surface area contributed by atoms with Crippen LogP contribution < -0.4 is 0 Å². The third-order valence-electron chi connectivity index (χ3n) is 2.55. The molecule has 0 bridgehead atoms. The summed E-state index contributed by atoms with van der Waals surface area (Å²) >= 11 is 2.98. The second-order valence-electron chi connectivity index (χ2n) is 3.97. The molecule has 0 radical (unpaired) electrons. The molecule has 0 unspecified atom stereocenters. The maximum Gasteiger partial charge on any atom is 0.434 e. The van der Waals surface area contributed by atoms with E-state index in [0.29, 0.717) is 4.68 Å². The van der Waals surface area contributed by atoms with Gasteiger partial charge in [-0.25, -0.2) is 9.07 Å². The van der Waals surface area contributed by atoms with Gasteiger partial charge in [0.1, 0.15) is 5.82 Å². The van der Waals surface area contributed by atoms with Gasteiger partial charge in [-0.05, 0) is 41.1 Å². The van der Waals surface area contributed by atoms with Crippen LogP contribution in [0.4, 0.5) is 17.6 Å². The van der Waals surface area contributed by atoms with Crippen LogP contribution in [-0.4, -0.2) is 15.6 Å². The summed E-state index contributed by atoms with van der Waals surface area (Å²) in [5.74, 6) is -1.35. The smallest absolute Gasteiger partial charge is 0.294 e. The molecule has 106 valence electrons. The van der Waals surface area contributed by atoms with Gasteiger partial charge in [0, 0.05) is 4.47 Å². The van der Waals surface area contributed by atoms with Crippen molar-refractivity contribution in [2.45, 2.75) is 13.1 Å². The number of Topliss-reactive ketones (excluding diaryl/α,β-unsaturated/α-hetero) is 1. The SMILES string of the molecule is CC(=O)c1cnn(-c2ccc(F)cc2Br)c1C(F)(F)F. The second-order valence-corrected chi connectivity index (χ2v) is 4.82. The largest absolute Gasteiger partial charge is 0.434 e. The average Bonchev–Trinajstić information content (AvgIpc) is 2.73. The molecule has 0 saturated carbocycles. The summed E-state index contributed by atoms with van der Waals surface area (Å²) in [7, 11) is 0. The van der Waals surface area contributed by atoms with Crippen LogP contribution in [0.25, 0.3) is 5.69 Å². The number of rotatable bonds is 2. The molecular formula is C12H7BrF4N2O. The summed E-state index contributed by atoms with van der Waals surface area (Å²) in [5.41, 5.74) is -1.72. The van der Waals surface area contributed by atoms with Crippen molar-refractivity contribution in [1.82, 2.24) is 9.78 Å². The van der Waals surface area contributed by atoms with Crippen LogP contribution in [0.15, 0.2) is 28.9 Å². The molecule has 20 heavy (non-hydrogen) atoms. The summed E-state index contributed by atoms with van der Waals surface area (Å²) in [5, 5.41) is 3.59. The normalized spacial score (nSPS) is 11.7. The van der Waals surface area contributed by atoms with Gasteiger partial charge in [0.2, 0.25) is 0 Å². The lowest BCUT2D eigenvalue weighted by Gasteiger charge is -2.13. The summed E-state index contributed by atoms with van der Waals surface area (Å²) in [6.07, 6.45) is -3.91. The van der Waals surface area contributed by atoms with Crippen LogP contribution in [0.2, 0.25) is 0 Å². The first-order valence-electron chi connectivity index (χ1n) is 5.33. The van der Waals surface area contributed by atoms with Gasteiger partial charge < -0.3 is 0 Å². The van der Waals surface area contributed by atoms with Crippen LogP contribution in [0, 0.1) is 5.82 Å².